The van der Waals surface area contributed by atoms with E-state index in [4.69, 9.17) is 27.9 Å². The Labute approximate surface area is 218 Å². The van der Waals surface area contributed by atoms with Gasteiger partial charge in [0.25, 0.3) is 5.91 Å². The third kappa shape index (κ3) is 6.23. The Morgan fingerprint density at radius 2 is 1.71 bits per heavy atom. The molecular formula is C26H27BrCl2N2O3. The first-order valence-corrected chi connectivity index (χ1v) is 12.6. The van der Waals surface area contributed by atoms with Crippen LogP contribution in [-0.2, 0) is 16.1 Å². The van der Waals surface area contributed by atoms with Crippen LogP contribution < -0.4 is 10.1 Å². The van der Waals surface area contributed by atoms with E-state index in [1.165, 1.54) is 4.90 Å². The third-order valence-corrected chi connectivity index (χ3v) is 6.91. The number of rotatable bonds is 9. The van der Waals surface area contributed by atoms with E-state index < -0.39 is 6.04 Å². The van der Waals surface area contributed by atoms with E-state index in [0.29, 0.717) is 27.8 Å². The van der Waals surface area contributed by atoms with Crippen molar-refractivity contribution in [1.82, 2.24) is 10.2 Å². The Kier molecular flexibility index (Phi) is 9.23. The van der Waals surface area contributed by atoms with Gasteiger partial charge in [0, 0.05) is 28.2 Å². The van der Waals surface area contributed by atoms with Crippen molar-refractivity contribution in [2.24, 2.45) is 0 Å². The van der Waals surface area contributed by atoms with E-state index in [2.05, 4.69) is 21.2 Å². The van der Waals surface area contributed by atoms with Gasteiger partial charge in [-0.05, 0) is 65.2 Å². The molecule has 0 aliphatic heterocycles. The lowest BCUT2D eigenvalue weighted by Crippen LogP contribution is -2.51. The maximum atomic E-state index is 13.4. The van der Waals surface area contributed by atoms with Crippen LogP contribution in [0.25, 0.3) is 10.8 Å². The highest BCUT2D eigenvalue weighted by Gasteiger charge is 2.30. The van der Waals surface area contributed by atoms with Crippen molar-refractivity contribution >= 4 is 61.7 Å². The minimum absolute atomic E-state index is 0.0628. The first-order valence-electron chi connectivity index (χ1n) is 11.1. The maximum absolute atomic E-state index is 13.4. The van der Waals surface area contributed by atoms with Crippen LogP contribution in [0.2, 0.25) is 10.0 Å². The summed E-state index contributed by atoms with van der Waals surface area (Å²) < 4.78 is 6.67. The molecule has 3 rings (SSSR count). The van der Waals surface area contributed by atoms with Crippen LogP contribution >= 0.6 is 39.1 Å². The molecule has 180 valence electrons. The zero-order valence-electron chi connectivity index (χ0n) is 19.3. The number of amides is 2. The van der Waals surface area contributed by atoms with Crippen molar-refractivity contribution in [2.75, 3.05) is 6.61 Å². The molecule has 0 bridgehead atoms. The molecule has 0 heterocycles. The predicted octanol–water partition coefficient (Wildman–Crippen LogP) is 6.62. The monoisotopic (exact) mass is 564 g/mol. The highest BCUT2D eigenvalue weighted by molar-refractivity contribution is 9.10. The van der Waals surface area contributed by atoms with Crippen molar-refractivity contribution in [1.29, 1.82) is 0 Å². The van der Waals surface area contributed by atoms with E-state index in [-0.39, 0.29) is 31.0 Å². The molecule has 0 spiro atoms. The molecular weight excluding hydrogens is 539 g/mol. The van der Waals surface area contributed by atoms with Crippen molar-refractivity contribution in [3.05, 3.63) is 74.7 Å². The second-order valence-electron chi connectivity index (χ2n) is 8.20. The quantitative estimate of drug-likeness (QED) is 0.317. The number of fused-ring (bicyclic) bond motifs is 1. The lowest BCUT2D eigenvalue weighted by Gasteiger charge is -2.31. The summed E-state index contributed by atoms with van der Waals surface area (Å²) in [5.41, 5.74) is 0.585. The fourth-order valence-corrected chi connectivity index (χ4v) is 4.83. The van der Waals surface area contributed by atoms with Gasteiger partial charge in [-0.2, -0.15) is 0 Å². The number of ether oxygens (including phenoxy) is 1. The summed E-state index contributed by atoms with van der Waals surface area (Å²) in [5.74, 6) is -0.0369. The Morgan fingerprint density at radius 3 is 2.35 bits per heavy atom. The number of carbonyl (C=O) groups excluding carboxylic acids is 2. The first kappa shape index (κ1) is 26.3. The Morgan fingerprint density at radius 1 is 1.03 bits per heavy atom. The van der Waals surface area contributed by atoms with Gasteiger partial charge >= 0.3 is 0 Å². The van der Waals surface area contributed by atoms with Crippen LogP contribution in [0, 0.1) is 0 Å². The van der Waals surface area contributed by atoms with E-state index in [0.717, 1.165) is 15.2 Å². The topological polar surface area (TPSA) is 58.6 Å². The summed E-state index contributed by atoms with van der Waals surface area (Å²) in [6.07, 6.45) is 0.423. The maximum Gasteiger partial charge on any atom is 0.261 e. The Hall–Kier alpha value is -2.28. The molecule has 3 aromatic carbocycles. The average molecular weight is 566 g/mol. The largest absolute Gasteiger partial charge is 0.483 e. The number of hydrogen-bond acceptors (Lipinski definition) is 3. The molecule has 1 atom stereocenters. The molecule has 0 aliphatic carbocycles. The van der Waals surface area contributed by atoms with Crippen LogP contribution in [0.15, 0.2) is 59.1 Å². The fraction of sp³-hybridized carbons (Fsp3) is 0.308. The number of benzene rings is 3. The summed E-state index contributed by atoms with van der Waals surface area (Å²) in [6.45, 7) is 5.46. The van der Waals surface area contributed by atoms with Gasteiger partial charge in [0.15, 0.2) is 6.61 Å². The van der Waals surface area contributed by atoms with Crippen molar-refractivity contribution in [3.63, 3.8) is 0 Å². The number of carbonyl (C=O) groups is 2. The van der Waals surface area contributed by atoms with Gasteiger partial charge in [0.2, 0.25) is 5.91 Å². The Bertz CT molecular complexity index is 1170. The van der Waals surface area contributed by atoms with Crippen LogP contribution in [0.5, 0.6) is 5.75 Å². The van der Waals surface area contributed by atoms with E-state index in [9.17, 15) is 9.59 Å². The minimum atomic E-state index is -0.703. The lowest BCUT2D eigenvalue weighted by atomic mass is 10.1. The summed E-state index contributed by atoms with van der Waals surface area (Å²) in [6, 6.07) is 16.0. The minimum Gasteiger partial charge on any atom is -0.483 e. The molecule has 0 fully saturated rings. The lowest BCUT2D eigenvalue weighted by molar-refractivity contribution is -0.143. The van der Waals surface area contributed by atoms with Gasteiger partial charge in [-0.1, -0.05) is 66.5 Å². The van der Waals surface area contributed by atoms with Gasteiger partial charge in [0.05, 0.1) is 4.47 Å². The van der Waals surface area contributed by atoms with Crippen LogP contribution in [-0.4, -0.2) is 35.4 Å². The summed E-state index contributed by atoms with van der Waals surface area (Å²) in [7, 11) is 0. The molecule has 1 N–H and O–H groups in total. The molecule has 34 heavy (non-hydrogen) atoms. The number of nitrogens with one attached hydrogen (secondary N) is 1. The standard InChI is InChI=1S/C26H27BrCl2N2O3/c1-4-22(26(33)30-16(2)3)31(14-19-20(28)10-7-11-21(19)29)24(32)15-34-23-13-12-17-8-5-6-9-18(17)25(23)27/h5-13,16,22H,4,14-15H2,1-3H3,(H,30,33). The highest BCUT2D eigenvalue weighted by Crippen LogP contribution is 2.33. The second kappa shape index (κ2) is 11.9. The first-order chi connectivity index (χ1) is 16.2. The summed E-state index contributed by atoms with van der Waals surface area (Å²) in [4.78, 5) is 27.9. The van der Waals surface area contributed by atoms with E-state index in [1.54, 1.807) is 18.2 Å². The third-order valence-electron chi connectivity index (χ3n) is 5.39. The molecule has 0 saturated heterocycles. The van der Waals surface area contributed by atoms with Gasteiger partial charge in [-0.3, -0.25) is 9.59 Å². The van der Waals surface area contributed by atoms with Crippen molar-refractivity contribution in [2.45, 2.75) is 45.8 Å². The Balaban J connectivity index is 1.88. The molecule has 5 nitrogen and oxygen atoms in total. The number of hydrogen-bond donors (Lipinski definition) is 1. The molecule has 8 heteroatoms. The summed E-state index contributed by atoms with van der Waals surface area (Å²) in [5, 5.41) is 5.80. The fourth-order valence-electron chi connectivity index (χ4n) is 3.70. The highest BCUT2D eigenvalue weighted by atomic mass is 79.9. The zero-order valence-corrected chi connectivity index (χ0v) is 22.4. The van der Waals surface area contributed by atoms with Crippen LogP contribution in [0.1, 0.15) is 32.8 Å². The second-order valence-corrected chi connectivity index (χ2v) is 9.80. The SMILES string of the molecule is CCC(C(=O)NC(C)C)N(Cc1c(Cl)cccc1Cl)C(=O)COc1ccc2ccccc2c1Br. The van der Waals surface area contributed by atoms with Crippen molar-refractivity contribution in [3.8, 4) is 5.75 Å². The van der Waals surface area contributed by atoms with Gasteiger partial charge in [0.1, 0.15) is 11.8 Å². The molecule has 0 aromatic heterocycles. The average Bonchev–Trinajstić information content (AvgIpc) is 2.80. The van der Waals surface area contributed by atoms with Crippen LogP contribution in [0.4, 0.5) is 0 Å². The van der Waals surface area contributed by atoms with Gasteiger partial charge < -0.3 is 15.0 Å². The molecule has 1 unspecified atom stereocenters. The molecule has 0 aliphatic rings. The molecule has 2 amide bonds. The zero-order chi connectivity index (χ0) is 24.8. The van der Waals surface area contributed by atoms with Crippen molar-refractivity contribution < 1.29 is 14.3 Å². The smallest absolute Gasteiger partial charge is 0.261 e. The van der Waals surface area contributed by atoms with Gasteiger partial charge in [-0.25, -0.2) is 0 Å². The van der Waals surface area contributed by atoms with E-state index >= 15 is 0 Å². The molecule has 0 saturated carbocycles. The predicted molar refractivity (Wildman–Crippen MR) is 142 cm³/mol. The number of halogens is 3. The number of nitrogens with zero attached hydrogens (tertiary/aromatic N) is 1. The summed E-state index contributed by atoms with van der Waals surface area (Å²) >= 11 is 16.3. The normalized spacial score (nSPS) is 12.0. The van der Waals surface area contributed by atoms with E-state index in [1.807, 2.05) is 57.2 Å². The molecule has 3 aromatic rings. The van der Waals surface area contributed by atoms with Crippen LogP contribution in [0.3, 0.4) is 0 Å². The van der Waals surface area contributed by atoms with Gasteiger partial charge in [-0.15, -0.1) is 0 Å². The molecule has 0 radical (unpaired) electrons.